The van der Waals surface area contributed by atoms with Crippen LogP contribution in [0.15, 0.2) is 40.9 Å². The second-order valence-electron chi connectivity index (χ2n) is 6.23. The van der Waals surface area contributed by atoms with Crippen LogP contribution in [0, 0.1) is 6.92 Å². The molecule has 1 N–H and O–H groups in total. The lowest BCUT2D eigenvalue weighted by Crippen LogP contribution is -2.11. The van der Waals surface area contributed by atoms with E-state index < -0.39 is 0 Å². The number of hydrogen-bond acceptors (Lipinski definition) is 4. The van der Waals surface area contributed by atoms with Gasteiger partial charge < -0.3 is 4.74 Å². The highest BCUT2D eigenvalue weighted by Crippen LogP contribution is 2.40. The average molecular weight is 429 g/mol. The molecule has 26 heavy (non-hydrogen) atoms. The lowest BCUT2D eigenvalue weighted by Gasteiger charge is -2.17. The maximum absolute atomic E-state index is 12.5. The number of benzene rings is 2. The topological polar surface area (TPSA) is 51.2 Å². The molecule has 0 aliphatic heterocycles. The van der Waals surface area contributed by atoms with E-state index in [1.807, 2.05) is 19.1 Å². The molecule has 1 aromatic heterocycles. The van der Waals surface area contributed by atoms with Crippen molar-refractivity contribution in [3.63, 3.8) is 0 Å². The molecule has 0 saturated heterocycles. The number of ether oxygens (including phenoxy) is 1. The third-order valence-electron chi connectivity index (χ3n) is 4.50. The standard InChI is InChI=1S/C20H17BrN2O2S/c1-11-8-15-12(10-16(11)25-2)6-7-17-18(15)22-20(26-17)23-19(24)13-4-3-5-14(21)9-13/h3-5,8-10H,6-7H2,1-2H3,(H,22,23,24). The molecule has 4 rings (SSSR count). The number of nitrogens with one attached hydrogen (secondary N) is 1. The molecule has 1 heterocycles. The van der Waals surface area contributed by atoms with Gasteiger partial charge in [0.15, 0.2) is 5.13 Å². The molecule has 0 unspecified atom stereocenters. The summed E-state index contributed by atoms with van der Waals surface area (Å²) >= 11 is 4.95. The summed E-state index contributed by atoms with van der Waals surface area (Å²) in [6, 6.07) is 11.6. The first kappa shape index (κ1) is 17.2. The number of aromatic nitrogens is 1. The summed E-state index contributed by atoms with van der Waals surface area (Å²) in [7, 11) is 1.70. The number of nitrogens with zero attached hydrogens (tertiary/aromatic N) is 1. The second kappa shape index (κ2) is 6.85. The van der Waals surface area contributed by atoms with E-state index in [4.69, 9.17) is 9.72 Å². The van der Waals surface area contributed by atoms with Crippen LogP contribution in [0.3, 0.4) is 0 Å². The van der Waals surface area contributed by atoms with E-state index >= 15 is 0 Å². The molecule has 0 bridgehead atoms. The summed E-state index contributed by atoms with van der Waals surface area (Å²) in [5.41, 5.74) is 5.06. The molecule has 6 heteroatoms. The van der Waals surface area contributed by atoms with Gasteiger partial charge in [0.05, 0.1) is 12.8 Å². The van der Waals surface area contributed by atoms with Crippen molar-refractivity contribution in [1.82, 2.24) is 4.98 Å². The number of anilines is 1. The largest absolute Gasteiger partial charge is 0.496 e. The smallest absolute Gasteiger partial charge is 0.257 e. The van der Waals surface area contributed by atoms with Gasteiger partial charge in [-0.1, -0.05) is 22.0 Å². The number of rotatable bonds is 3. The maximum Gasteiger partial charge on any atom is 0.257 e. The number of thiazole rings is 1. The molecule has 1 amide bonds. The monoisotopic (exact) mass is 428 g/mol. The highest BCUT2D eigenvalue weighted by Gasteiger charge is 2.23. The van der Waals surface area contributed by atoms with Gasteiger partial charge in [-0.15, -0.1) is 11.3 Å². The average Bonchev–Trinajstić information content (AvgIpc) is 3.04. The van der Waals surface area contributed by atoms with Crippen LogP contribution in [0.25, 0.3) is 11.3 Å². The molecule has 2 aromatic carbocycles. The zero-order valence-electron chi connectivity index (χ0n) is 14.4. The first-order valence-corrected chi connectivity index (χ1v) is 9.90. The number of aryl methyl sites for hydroxylation is 3. The number of amides is 1. The number of halogens is 1. The van der Waals surface area contributed by atoms with Gasteiger partial charge in [0.25, 0.3) is 5.91 Å². The third kappa shape index (κ3) is 3.15. The number of hydrogen-bond donors (Lipinski definition) is 1. The summed E-state index contributed by atoms with van der Waals surface area (Å²) in [5, 5.41) is 3.57. The first-order valence-electron chi connectivity index (χ1n) is 8.29. The van der Waals surface area contributed by atoms with Crippen LogP contribution in [-0.4, -0.2) is 18.0 Å². The van der Waals surface area contributed by atoms with Crippen molar-refractivity contribution in [2.45, 2.75) is 19.8 Å². The van der Waals surface area contributed by atoms with Crippen LogP contribution in [-0.2, 0) is 12.8 Å². The third-order valence-corrected chi connectivity index (χ3v) is 6.03. The zero-order chi connectivity index (χ0) is 18.3. The first-order chi connectivity index (χ1) is 12.5. The normalized spacial score (nSPS) is 12.3. The van der Waals surface area contributed by atoms with Gasteiger partial charge in [0.1, 0.15) is 5.75 Å². The van der Waals surface area contributed by atoms with Crippen molar-refractivity contribution in [2.75, 3.05) is 12.4 Å². The zero-order valence-corrected chi connectivity index (χ0v) is 16.8. The van der Waals surface area contributed by atoms with Gasteiger partial charge in [-0.3, -0.25) is 10.1 Å². The van der Waals surface area contributed by atoms with Crippen molar-refractivity contribution in [1.29, 1.82) is 0 Å². The highest BCUT2D eigenvalue weighted by molar-refractivity contribution is 9.10. The minimum Gasteiger partial charge on any atom is -0.496 e. The van der Waals surface area contributed by atoms with Crippen LogP contribution in [0.1, 0.15) is 26.4 Å². The number of carbonyl (C=O) groups is 1. The fourth-order valence-electron chi connectivity index (χ4n) is 3.21. The Kier molecular flexibility index (Phi) is 4.54. The van der Waals surface area contributed by atoms with Crippen LogP contribution < -0.4 is 10.1 Å². The highest BCUT2D eigenvalue weighted by atomic mass is 79.9. The van der Waals surface area contributed by atoms with Crippen LogP contribution in [0.4, 0.5) is 5.13 Å². The molecule has 1 aliphatic carbocycles. The van der Waals surface area contributed by atoms with Crippen LogP contribution in [0.2, 0.25) is 0 Å². The van der Waals surface area contributed by atoms with E-state index in [1.165, 1.54) is 10.4 Å². The van der Waals surface area contributed by atoms with Crippen molar-refractivity contribution < 1.29 is 9.53 Å². The van der Waals surface area contributed by atoms with Gasteiger partial charge in [0, 0.05) is 20.5 Å². The molecule has 132 valence electrons. The Hall–Kier alpha value is -2.18. The van der Waals surface area contributed by atoms with E-state index in [0.29, 0.717) is 10.7 Å². The van der Waals surface area contributed by atoms with E-state index in [2.05, 4.69) is 33.4 Å². The number of methoxy groups -OCH3 is 1. The van der Waals surface area contributed by atoms with Crippen molar-refractivity contribution in [3.8, 4) is 17.0 Å². The van der Waals surface area contributed by atoms with E-state index in [9.17, 15) is 4.79 Å². The summed E-state index contributed by atoms with van der Waals surface area (Å²) in [6.45, 7) is 2.04. The van der Waals surface area contributed by atoms with Gasteiger partial charge >= 0.3 is 0 Å². The lowest BCUT2D eigenvalue weighted by molar-refractivity contribution is 0.102. The van der Waals surface area contributed by atoms with Crippen LogP contribution in [0.5, 0.6) is 5.75 Å². The van der Waals surface area contributed by atoms with Crippen molar-refractivity contribution >= 4 is 38.3 Å². The molecular weight excluding hydrogens is 412 g/mol. The minimum absolute atomic E-state index is 0.150. The molecular formula is C20H17BrN2O2S. The Morgan fingerprint density at radius 3 is 2.88 bits per heavy atom. The minimum atomic E-state index is -0.150. The second-order valence-corrected chi connectivity index (χ2v) is 8.23. The van der Waals surface area contributed by atoms with Crippen molar-refractivity contribution in [3.05, 3.63) is 62.4 Å². The summed E-state index contributed by atoms with van der Waals surface area (Å²) in [4.78, 5) is 18.4. The Labute approximate surface area is 164 Å². The predicted octanol–water partition coefficient (Wildman–Crippen LogP) is 5.24. The Balaban J connectivity index is 1.65. The summed E-state index contributed by atoms with van der Waals surface area (Å²) < 4.78 is 6.31. The van der Waals surface area contributed by atoms with Crippen LogP contribution >= 0.6 is 27.3 Å². The van der Waals surface area contributed by atoms with E-state index in [0.717, 1.165) is 39.9 Å². The number of carbonyl (C=O) groups excluding carboxylic acids is 1. The van der Waals surface area contributed by atoms with Gasteiger partial charge in [-0.2, -0.15) is 0 Å². The molecule has 0 atom stereocenters. The van der Waals surface area contributed by atoms with E-state index in [1.54, 1.807) is 30.6 Å². The quantitative estimate of drug-likeness (QED) is 0.620. The molecule has 1 aliphatic rings. The van der Waals surface area contributed by atoms with Crippen molar-refractivity contribution in [2.24, 2.45) is 0 Å². The fourth-order valence-corrected chi connectivity index (χ4v) is 4.58. The Morgan fingerprint density at radius 2 is 2.12 bits per heavy atom. The van der Waals surface area contributed by atoms with Gasteiger partial charge in [-0.25, -0.2) is 4.98 Å². The molecule has 0 fully saturated rings. The molecule has 0 saturated carbocycles. The Morgan fingerprint density at radius 1 is 1.27 bits per heavy atom. The molecule has 0 radical (unpaired) electrons. The molecule has 3 aromatic rings. The fraction of sp³-hybridized carbons (Fsp3) is 0.200. The van der Waals surface area contributed by atoms with Gasteiger partial charge in [-0.05, 0) is 61.2 Å². The lowest BCUT2D eigenvalue weighted by atomic mass is 9.91. The SMILES string of the molecule is COc1cc2c(cc1C)-c1nc(NC(=O)c3cccc(Br)c3)sc1CC2. The Bertz CT molecular complexity index is 1010. The molecule has 0 spiro atoms. The van der Waals surface area contributed by atoms with E-state index in [-0.39, 0.29) is 5.91 Å². The maximum atomic E-state index is 12.5. The molecule has 4 nitrogen and oxygen atoms in total. The number of fused-ring (bicyclic) bond motifs is 3. The summed E-state index contributed by atoms with van der Waals surface area (Å²) in [5.74, 6) is 0.758. The predicted molar refractivity (Wildman–Crippen MR) is 108 cm³/mol. The van der Waals surface area contributed by atoms with Gasteiger partial charge in [0.2, 0.25) is 0 Å². The summed E-state index contributed by atoms with van der Waals surface area (Å²) in [6.07, 6.45) is 1.89.